The summed E-state index contributed by atoms with van der Waals surface area (Å²) < 4.78 is 5.45. The van der Waals surface area contributed by atoms with Gasteiger partial charge in [0.05, 0.1) is 24.6 Å². The van der Waals surface area contributed by atoms with E-state index in [2.05, 4.69) is 18.5 Å². The van der Waals surface area contributed by atoms with E-state index >= 15 is 0 Å². The van der Waals surface area contributed by atoms with Gasteiger partial charge in [-0.3, -0.25) is 14.4 Å². The van der Waals surface area contributed by atoms with Crippen LogP contribution in [0.4, 0.5) is 0 Å². The van der Waals surface area contributed by atoms with E-state index in [1.54, 1.807) is 11.0 Å². The number of nitrogens with one attached hydrogen (secondary N) is 1. The molecule has 0 aliphatic carbocycles. The number of allylic oxidation sites excluding steroid dienone is 2. The van der Waals surface area contributed by atoms with Gasteiger partial charge in [-0.05, 0) is 50.5 Å². The fraction of sp³-hybridized carbons (Fsp3) is 0.536. The van der Waals surface area contributed by atoms with Gasteiger partial charge in [-0.25, -0.2) is 0 Å². The van der Waals surface area contributed by atoms with Gasteiger partial charge >= 0.3 is 5.97 Å². The number of esters is 1. The Morgan fingerprint density at radius 2 is 1.94 bits per heavy atom. The number of carbonyl (C=O) groups is 3. The highest BCUT2D eigenvalue weighted by Gasteiger charge is 2.34. The molecule has 7 nitrogen and oxygen atoms in total. The molecule has 1 heterocycles. The van der Waals surface area contributed by atoms with Crippen molar-refractivity contribution in [2.24, 2.45) is 5.92 Å². The largest absolute Gasteiger partial charge is 0.463 e. The molecule has 35 heavy (non-hydrogen) atoms. The summed E-state index contributed by atoms with van der Waals surface area (Å²) in [6, 6.07) is 9.04. The molecule has 0 bridgehead atoms. The smallest absolute Gasteiger partial charge is 0.305 e. The second-order valence-electron chi connectivity index (χ2n) is 9.11. The second kappa shape index (κ2) is 15.9. The minimum atomic E-state index is -0.543. The molecule has 192 valence electrons. The first-order valence-corrected chi connectivity index (χ1v) is 12.6. The molecular formula is C28H40N2O5. The summed E-state index contributed by atoms with van der Waals surface area (Å²) in [6.07, 6.45) is 8.90. The maximum atomic E-state index is 13.3. The summed E-state index contributed by atoms with van der Waals surface area (Å²) in [7, 11) is 0. The van der Waals surface area contributed by atoms with Crippen molar-refractivity contribution in [2.75, 3.05) is 19.8 Å². The number of hydrogen-bond donors (Lipinski definition) is 2. The average molecular weight is 485 g/mol. The number of unbranched alkanes of at least 4 members (excludes halogenated alkanes) is 2. The van der Waals surface area contributed by atoms with Crippen LogP contribution in [0.5, 0.6) is 0 Å². The van der Waals surface area contributed by atoms with Crippen LogP contribution in [0.2, 0.25) is 0 Å². The number of likely N-dealkylation sites (tertiary alicyclic amines) is 1. The van der Waals surface area contributed by atoms with E-state index in [4.69, 9.17) is 4.74 Å². The summed E-state index contributed by atoms with van der Waals surface area (Å²) in [5, 5.41) is 12.6. The lowest BCUT2D eigenvalue weighted by Gasteiger charge is -2.28. The summed E-state index contributed by atoms with van der Waals surface area (Å²) in [5.41, 5.74) is 1.01. The van der Waals surface area contributed by atoms with Crippen LogP contribution in [-0.2, 0) is 25.5 Å². The number of nitrogens with zero attached hydrogens (tertiary/aromatic N) is 1. The Balaban J connectivity index is 1.88. The van der Waals surface area contributed by atoms with Gasteiger partial charge in [0.2, 0.25) is 11.8 Å². The van der Waals surface area contributed by atoms with E-state index in [1.165, 1.54) is 0 Å². The summed E-state index contributed by atoms with van der Waals surface area (Å²) in [6.45, 7) is 8.01. The van der Waals surface area contributed by atoms with E-state index in [0.717, 1.165) is 37.7 Å². The maximum Gasteiger partial charge on any atom is 0.305 e. The first-order chi connectivity index (χ1) is 17.0. The van der Waals surface area contributed by atoms with Crippen molar-refractivity contribution in [1.29, 1.82) is 0 Å². The molecule has 2 amide bonds. The molecule has 0 saturated carbocycles. The van der Waals surface area contributed by atoms with Crippen molar-refractivity contribution in [3.63, 3.8) is 0 Å². The highest BCUT2D eigenvalue weighted by molar-refractivity contribution is 5.86. The third-order valence-corrected chi connectivity index (χ3v) is 6.28. The molecule has 3 unspecified atom stereocenters. The number of rotatable bonds is 16. The fourth-order valence-corrected chi connectivity index (χ4v) is 4.40. The van der Waals surface area contributed by atoms with Gasteiger partial charge in [-0.2, -0.15) is 0 Å². The molecular weight excluding hydrogens is 444 g/mol. The molecule has 1 aliphatic rings. The zero-order valence-corrected chi connectivity index (χ0v) is 20.7. The Hall–Kier alpha value is -2.93. The molecule has 1 saturated heterocycles. The molecule has 2 rings (SSSR count). The van der Waals surface area contributed by atoms with Gasteiger partial charge in [-0.1, -0.05) is 42.5 Å². The van der Waals surface area contributed by atoms with Crippen molar-refractivity contribution in [2.45, 2.75) is 69.9 Å². The molecule has 2 N–H and O–H groups in total. The molecule has 1 aliphatic heterocycles. The quantitative estimate of drug-likeness (QED) is 0.212. The van der Waals surface area contributed by atoms with Crippen molar-refractivity contribution in [1.82, 2.24) is 10.2 Å². The third-order valence-electron chi connectivity index (χ3n) is 6.28. The van der Waals surface area contributed by atoms with Gasteiger partial charge in [0.15, 0.2) is 0 Å². The van der Waals surface area contributed by atoms with Crippen LogP contribution in [0.3, 0.4) is 0 Å². The third kappa shape index (κ3) is 10.1. The van der Waals surface area contributed by atoms with Crippen LogP contribution in [0, 0.1) is 5.92 Å². The van der Waals surface area contributed by atoms with Crippen molar-refractivity contribution >= 4 is 17.8 Å². The highest BCUT2D eigenvalue weighted by Crippen LogP contribution is 2.23. The van der Waals surface area contributed by atoms with Crippen LogP contribution in [-0.4, -0.2) is 59.6 Å². The van der Waals surface area contributed by atoms with Gasteiger partial charge in [0.1, 0.15) is 6.61 Å². The standard InChI is InChI=1S/C28H40N2O5/c1-3-5-6-10-16-27(33)35-21-25-15-11-17-30(25)28(34)23(12-4-2)19-26(32)29-24(20-31)18-22-13-8-7-9-14-22/h3-4,7-9,13-14,23-25,31H,1-2,5-6,10-12,15-21H2,(H,29,32). The minimum absolute atomic E-state index is 0.0163. The number of aliphatic hydroxyl groups excluding tert-OH is 1. The SMILES string of the molecule is C=CCCCCC(=O)OCC1CCCN1C(=O)C(CC=C)CC(=O)NC(CO)Cc1ccccc1. The second-order valence-corrected chi connectivity index (χ2v) is 9.11. The Bertz CT molecular complexity index is 826. The van der Waals surface area contributed by atoms with Crippen molar-refractivity contribution in [3.8, 4) is 0 Å². The average Bonchev–Trinajstić information content (AvgIpc) is 3.33. The lowest BCUT2D eigenvalue weighted by atomic mass is 9.98. The van der Waals surface area contributed by atoms with Crippen LogP contribution in [0.15, 0.2) is 55.6 Å². The molecule has 0 aromatic heterocycles. The molecule has 3 atom stereocenters. The number of ether oxygens (including phenoxy) is 1. The maximum absolute atomic E-state index is 13.3. The van der Waals surface area contributed by atoms with E-state index in [1.807, 2.05) is 36.4 Å². The Labute approximate surface area is 209 Å². The van der Waals surface area contributed by atoms with E-state index in [-0.39, 0.29) is 43.5 Å². The number of hydrogen-bond acceptors (Lipinski definition) is 5. The summed E-state index contributed by atoms with van der Waals surface area (Å²) >= 11 is 0. The number of amides is 2. The van der Waals surface area contributed by atoms with Crippen molar-refractivity contribution < 1.29 is 24.2 Å². The molecule has 7 heteroatoms. The van der Waals surface area contributed by atoms with Gasteiger partial charge in [0, 0.05) is 19.4 Å². The van der Waals surface area contributed by atoms with Crippen LogP contribution >= 0.6 is 0 Å². The van der Waals surface area contributed by atoms with Crippen LogP contribution < -0.4 is 5.32 Å². The lowest BCUT2D eigenvalue weighted by Crippen LogP contribution is -2.45. The number of carbonyl (C=O) groups excluding carboxylic acids is 3. The zero-order chi connectivity index (χ0) is 25.5. The lowest BCUT2D eigenvalue weighted by molar-refractivity contribution is -0.148. The topological polar surface area (TPSA) is 95.9 Å². The fourth-order valence-electron chi connectivity index (χ4n) is 4.40. The number of benzene rings is 1. The van der Waals surface area contributed by atoms with Crippen LogP contribution in [0.1, 0.15) is 56.9 Å². The predicted molar refractivity (Wildman–Crippen MR) is 136 cm³/mol. The molecule has 1 aromatic carbocycles. The van der Waals surface area contributed by atoms with E-state index in [9.17, 15) is 19.5 Å². The number of aliphatic hydroxyl groups is 1. The Morgan fingerprint density at radius 1 is 1.17 bits per heavy atom. The summed E-state index contributed by atoms with van der Waals surface area (Å²) in [5.74, 6) is -1.18. The van der Waals surface area contributed by atoms with Gasteiger partial charge in [0.25, 0.3) is 0 Å². The minimum Gasteiger partial charge on any atom is -0.463 e. The predicted octanol–water partition coefficient (Wildman–Crippen LogP) is 3.57. The zero-order valence-electron chi connectivity index (χ0n) is 20.7. The molecule has 0 radical (unpaired) electrons. The summed E-state index contributed by atoms with van der Waals surface area (Å²) in [4.78, 5) is 39.9. The monoisotopic (exact) mass is 484 g/mol. The molecule has 0 spiro atoms. The van der Waals surface area contributed by atoms with Crippen molar-refractivity contribution in [3.05, 3.63) is 61.2 Å². The Morgan fingerprint density at radius 3 is 2.63 bits per heavy atom. The van der Waals surface area contributed by atoms with Gasteiger partial charge in [-0.15, -0.1) is 13.2 Å². The first-order valence-electron chi connectivity index (χ1n) is 12.6. The van der Waals surface area contributed by atoms with E-state index in [0.29, 0.717) is 25.8 Å². The first kappa shape index (κ1) is 28.3. The Kier molecular flexibility index (Phi) is 12.8. The van der Waals surface area contributed by atoms with E-state index < -0.39 is 12.0 Å². The molecule has 1 fully saturated rings. The normalized spacial score (nSPS) is 16.8. The van der Waals surface area contributed by atoms with Gasteiger partial charge < -0.3 is 20.1 Å². The molecule has 1 aromatic rings. The van der Waals surface area contributed by atoms with Crippen LogP contribution in [0.25, 0.3) is 0 Å². The highest BCUT2D eigenvalue weighted by atomic mass is 16.5.